The molecule has 2 nitrogen and oxygen atoms in total. The molecule has 0 radical (unpaired) electrons. The minimum Gasteiger partial charge on any atom is -0.398 e. The maximum Gasteiger partial charge on any atom is 0.0717 e. The molecule has 0 unspecified atom stereocenters. The summed E-state index contributed by atoms with van der Waals surface area (Å²) < 4.78 is 5.37. The number of benzene rings is 1. The van der Waals surface area contributed by atoms with Gasteiger partial charge in [-0.2, -0.15) is 0 Å². The monoisotopic (exact) mass is 199 g/mol. The molecular weight excluding hydrogens is 186 g/mol. The van der Waals surface area contributed by atoms with Crippen LogP contribution in [0.15, 0.2) is 18.2 Å². The van der Waals surface area contributed by atoms with E-state index in [1.54, 1.807) is 6.07 Å². The van der Waals surface area contributed by atoms with Crippen LogP contribution in [0.25, 0.3) is 0 Å². The van der Waals surface area contributed by atoms with Crippen molar-refractivity contribution in [3.8, 4) is 0 Å². The Morgan fingerprint density at radius 2 is 2.23 bits per heavy atom. The van der Waals surface area contributed by atoms with Crippen molar-refractivity contribution in [1.29, 1.82) is 0 Å². The molecule has 1 aromatic rings. The van der Waals surface area contributed by atoms with E-state index in [1.165, 1.54) is 0 Å². The summed E-state index contributed by atoms with van der Waals surface area (Å²) in [5.41, 5.74) is 7.31. The minimum atomic E-state index is 0.597. The van der Waals surface area contributed by atoms with Crippen molar-refractivity contribution in [3.05, 3.63) is 28.8 Å². The molecule has 0 aliphatic heterocycles. The summed E-state index contributed by atoms with van der Waals surface area (Å²) in [7, 11) is 0. The van der Waals surface area contributed by atoms with Gasteiger partial charge in [-0.25, -0.2) is 0 Å². The van der Waals surface area contributed by atoms with Crippen LogP contribution in [-0.4, -0.2) is 6.61 Å². The highest BCUT2D eigenvalue weighted by Gasteiger charge is 1.97. The minimum absolute atomic E-state index is 0.597. The Morgan fingerprint density at radius 3 is 2.85 bits per heavy atom. The highest BCUT2D eigenvalue weighted by molar-refractivity contribution is 6.33. The zero-order valence-electron chi connectivity index (χ0n) is 7.72. The molecule has 0 amide bonds. The number of ether oxygens (including phenoxy) is 1. The molecule has 72 valence electrons. The summed E-state index contributed by atoms with van der Waals surface area (Å²) >= 11 is 5.78. The number of halogens is 1. The fourth-order valence-electron chi connectivity index (χ4n) is 1.02. The number of nitrogens with two attached hydrogens (primary N) is 1. The van der Waals surface area contributed by atoms with Crippen LogP contribution < -0.4 is 5.73 Å². The molecule has 3 heteroatoms. The van der Waals surface area contributed by atoms with Gasteiger partial charge in [0.15, 0.2) is 0 Å². The highest BCUT2D eigenvalue weighted by Crippen LogP contribution is 2.19. The van der Waals surface area contributed by atoms with Gasteiger partial charge in [0.05, 0.1) is 17.3 Å². The standard InChI is InChI=1S/C10H14ClNO/c1-2-5-13-7-8-3-4-9(11)10(12)6-8/h3-4,6H,2,5,7,12H2,1H3. The normalized spacial score (nSPS) is 10.3. The summed E-state index contributed by atoms with van der Waals surface area (Å²) in [6.07, 6.45) is 1.03. The molecule has 0 aliphatic carbocycles. The van der Waals surface area contributed by atoms with Gasteiger partial charge in [0.25, 0.3) is 0 Å². The van der Waals surface area contributed by atoms with E-state index in [2.05, 4.69) is 6.92 Å². The average molecular weight is 200 g/mol. The van der Waals surface area contributed by atoms with Crippen molar-refractivity contribution >= 4 is 17.3 Å². The van der Waals surface area contributed by atoms with Crippen molar-refractivity contribution in [2.45, 2.75) is 20.0 Å². The van der Waals surface area contributed by atoms with Crippen LogP contribution in [-0.2, 0) is 11.3 Å². The van der Waals surface area contributed by atoms with Crippen molar-refractivity contribution < 1.29 is 4.74 Å². The van der Waals surface area contributed by atoms with Crippen LogP contribution in [0.4, 0.5) is 5.69 Å². The first-order chi connectivity index (χ1) is 6.24. The van der Waals surface area contributed by atoms with Crippen molar-refractivity contribution in [2.75, 3.05) is 12.3 Å². The Kier molecular flexibility index (Phi) is 4.06. The van der Waals surface area contributed by atoms with Crippen molar-refractivity contribution in [2.24, 2.45) is 0 Å². The molecule has 0 fully saturated rings. The van der Waals surface area contributed by atoms with E-state index in [9.17, 15) is 0 Å². The fraction of sp³-hybridized carbons (Fsp3) is 0.400. The summed E-state index contributed by atoms with van der Waals surface area (Å²) in [6, 6.07) is 5.56. The second kappa shape index (κ2) is 5.10. The maximum atomic E-state index is 5.78. The predicted octanol–water partition coefficient (Wildman–Crippen LogP) is 2.85. The summed E-state index contributed by atoms with van der Waals surface area (Å²) in [5, 5.41) is 0.597. The molecule has 0 aromatic heterocycles. The molecule has 2 N–H and O–H groups in total. The van der Waals surface area contributed by atoms with E-state index in [-0.39, 0.29) is 0 Å². The Labute approximate surface area is 83.6 Å². The topological polar surface area (TPSA) is 35.2 Å². The van der Waals surface area contributed by atoms with Gasteiger partial charge in [-0.1, -0.05) is 24.6 Å². The van der Waals surface area contributed by atoms with E-state index >= 15 is 0 Å². The molecule has 13 heavy (non-hydrogen) atoms. The maximum absolute atomic E-state index is 5.78. The summed E-state index contributed by atoms with van der Waals surface area (Å²) in [4.78, 5) is 0. The molecule has 0 heterocycles. The number of nitrogen functional groups attached to an aromatic ring is 1. The SMILES string of the molecule is CCCOCc1ccc(Cl)c(N)c1. The second-order valence-electron chi connectivity index (χ2n) is 2.91. The number of anilines is 1. The third-order valence-corrected chi connectivity index (χ3v) is 2.02. The molecule has 0 spiro atoms. The van der Waals surface area contributed by atoms with E-state index < -0.39 is 0 Å². The largest absolute Gasteiger partial charge is 0.398 e. The molecule has 0 saturated heterocycles. The Bertz CT molecular complexity index is 276. The summed E-state index contributed by atoms with van der Waals surface area (Å²) in [5.74, 6) is 0. The van der Waals surface area contributed by atoms with Gasteiger partial charge in [0.1, 0.15) is 0 Å². The fourth-order valence-corrected chi connectivity index (χ4v) is 1.13. The van der Waals surface area contributed by atoms with Crippen LogP contribution >= 0.6 is 11.6 Å². The van der Waals surface area contributed by atoms with Crippen molar-refractivity contribution in [1.82, 2.24) is 0 Å². The van der Waals surface area contributed by atoms with Crippen LogP contribution in [0.5, 0.6) is 0 Å². The average Bonchev–Trinajstić information content (AvgIpc) is 2.12. The van der Waals surface area contributed by atoms with Gasteiger partial charge in [-0.15, -0.1) is 0 Å². The Morgan fingerprint density at radius 1 is 1.46 bits per heavy atom. The molecule has 0 aliphatic rings. The lowest BCUT2D eigenvalue weighted by molar-refractivity contribution is 0.121. The molecule has 0 atom stereocenters. The van der Waals surface area contributed by atoms with Gasteiger partial charge in [-0.05, 0) is 24.1 Å². The van der Waals surface area contributed by atoms with Gasteiger partial charge in [-0.3, -0.25) is 0 Å². The zero-order chi connectivity index (χ0) is 9.68. The van der Waals surface area contributed by atoms with Crippen LogP contribution in [0.1, 0.15) is 18.9 Å². The highest BCUT2D eigenvalue weighted by atomic mass is 35.5. The zero-order valence-corrected chi connectivity index (χ0v) is 8.47. The van der Waals surface area contributed by atoms with E-state index in [4.69, 9.17) is 22.1 Å². The Balaban J connectivity index is 2.53. The van der Waals surface area contributed by atoms with Gasteiger partial charge < -0.3 is 10.5 Å². The van der Waals surface area contributed by atoms with E-state index in [0.717, 1.165) is 18.6 Å². The van der Waals surface area contributed by atoms with Crippen molar-refractivity contribution in [3.63, 3.8) is 0 Å². The first kappa shape index (κ1) is 10.4. The smallest absolute Gasteiger partial charge is 0.0717 e. The first-order valence-electron chi connectivity index (χ1n) is 4.35. The van der Waals surface area contributed by atoms with E-state index in [1.807, 2.05) is 12.1 Å². The first-order valence-corrected chi connectivity index (χ1v) is 4.73. The molecular formula is C10H14ClNO. The van der Waals surface area contributed by atoms with E-state index in [0.29, 0.717) is 17.3 Å². The Hall–Kier alpha value is -0.730. The van der Waals surface area contributed by atoms with Crippen LogP contribution in [0.3, 0.4) is 0 Å². The third-order valence-electron chi connectivity index (χ3n) is 1.68. The lowest BCUT2D eigenvalue weighted by Gasteiger charge is -2.04. The predicted molar refractivity (Wildman–Crippen MR) is 55.8 cm³/mol. The molecule has 1 aromatic carbocycles. The lowest BCUT2D eigenvalue weighted by atomic mass is 10.2. The summed E-state index contributed by atoms with van der Waals surface area (Å²) in [6.45, 7) is 3.47. The lowest BCUT2D eigenvalue weighted by Crippen LogP contribution is -1.95. The van der Waals surface area contributed by atoms with Crippen LogP contribution in [0, 0.1) is 0 Å². The molecule has 0 bridgehead atoms. The number of hydrogen-bond acceptors (Lipinski definition) is 2. The van der Waals surface area contributed by atoms with Gasteiger partial charge >= 0.3 is 0 Å². The van der Waals surface area contributed by atoms with Gasteiger partial charge in [0, 0.05) is 6.61 Å². The molecule has 1 rings (SSSR count). The van der Waals surface area contributed by atoms with Gasteiger partial charge in [0.2, 0.25) is 0 Å². The number of hydrogen-bond donors (Lipinski definition) is 1. The quantitative estimate of drug-likeness (QED) is 0.598. The third kappa shape index (κ3) is 3.25. The van der Waals surface area contributed by atoms with Crippen LogP contribution in [0.2, 0.25) is 5.02 Å². The number of rotatable bonds is 4. The second-order valence-corrected chi connectivity index (χ2v) is 3.32. The molecule has 0 saturated carbocycles.